The third kappa shape index (κ3) is 6.05. The monoisotopic (exact) mass is 325 g/mol. The van der Waals surface area contributed by atoms with Gasteiger partial charge in [-0.1, -0.05) is 0 Å². The highest BCUT2D eigenvalue weighted by molar-refractivity contribution is 5.94. The number of carboxylic acids is 1. The Hall–Kier alpha value is -2.45. The third-order valence-corrected chi connectivity index (χ3v) is 2.76. The number of carbonyl (C=O) groups excluding carboxylic acids is 2. The van der Waals surface area contributed by atoms with Gasteiger partial charge >= 0.3 is 11.9 Å². The number of aliphatic hydroxyl groups is 1. The molecular formula is C15H19NO7. The molecule has 0 saturated heterocycles. The summed E-state index contributed by atoms with van der Waals surface area (Å²) in [5, 5.41) is 20.3. The van der Waals surface area contributed by atoms with Crippen LogP contribution in [0.5, 0.6) is 0 Å². The molecule has 0 saturated carbocycles. The van der Waals surface area contributed by atoms with E-state index in [0.29, 0.717) is 6.54 Å². The van der Waals surface area contributed by atoms with Crippen molar-refractivity contribution in [3.63, 3.8) is 0 Å². The molecule has 0 fully saturated rings. The van der Waals surface area contributed by atoms with Crippen LogP contribution in [-0.4, -0.2) is 54.4 Å². The first-order chi connectivity index (χ1) is 11.0. The minimum atomic E-state index is -1.17. The number of amides is 1. The Morgan fingerprint density at radius 2 is 2.00 bits per heavy atom. The quantitative estimate of drug-likeness (QED) is 0.554. The van der Waals surface area contributed by atoms with Crippen molar-refractivity contribution in [2.45, 2.75) is 13.5 Å². The zero-order valence-electron chi connectivity index (χ0n) is 12.7. The van der Waals surface area contributed by atoms with Crippen molar-refractivity contribution in [1.29, 1.82) is 0 Å². The normalized spacial score (nSPS) is 10.2. The molecule has 1 aromatic rings. The first kappa shape index (κ1) is 18.6. The summed E-state index contributed by atoms with van der Waals surface area (Å²) < 4.78 is 9.94. The number of benzene rings is 1. The second-order valence-corrected chi connectivity index (χ2v) is 4.48. The van der Waals surface area contributed by atoms with Crippen LogP contribution in [0.4, 0.5) is 0 Å². The lowest BCUT2D eigenvalue weighted by Gasteiger charge is -2.10. The van der Waals surface area contributed by atoms with Crippen molar-refractivity contribution in [2.24, 2.45) is 0 Å². The molecule has 126 valence electrons. The van der Waals surface area contributed by atoms with Crippen molar-refractivity contribution in [2.75, 3.05) is 26.4 Å². The fourth-order valence-corrected chi connectivity index (χ4v) is 1.77. The van der Waals surface area contributed by atoms with Crippen molar-refractivity contribution in [3.05, 3.63) is 34.9 Å². The molecule has 0 aromatic heterocycles. The minimum absolute atomic E-state index is 0.0281. The van der Waals surface area contributed by atoms with E-state index in [1.54, 1.807) is 6.92 Å². The minimum Gasteiger partial charge on any atom is -0.478 e. The van der Waals surface area contributed by atoms with E-state index in [9.17, 15) is 14.4 Å². The van der Waals surface area contributed by atoms with E-state index in [1.165, 1.54) is 18.2 Å². The van der Waals surface area contributed by atoms with Gasteiger partial charge in [0.2, 0.25) is 5.91 Å². The zero-order valence-corrected chi connectivity index (χ0v) is 12.7. The third-order valence-electron chi connectivity index (χ3n) is 2.76. The molecule has 8 nitrogen and oxygen atoms in total. The molecule has 0 spiro atoms. The first-order valence-corrected chi connectivity index (χ1v) is 6.98. The molecule has 1 aromatic carbocycles. The fourth-order valence-electron chi connectivity index (χ4n) is 1.77. The number of ether oxygens (including phenoxy) is 2. The van der Waals surface area contributed by atoms with Gasteiger partial charge in [0.15, 0.2) is 0 Å². The molecule has 0 bridgehead atoms. The maximum Gasteiger partial charge on any atom is 0.338 e. The van der Waals surface area contributed by atoms with E-state index in [1.807, 2.05) is 0 Å². The topological polar surface area (TPSA) is 122 Å². The number of carbonyl (C=O) groups is 3. The number of likely N-dealkylation sites (N-methyl/N-ethyl adjacent to an activating group) is 1. The van der Waals surface area contributed by atoms with Crippen molar-refractivity contribution in [1.82, 2.24) is 5.32 Å². The summed E-state index contributed by atoms with van der Waals surface area (Å²) >= 11 is 0. The Kier molecular flexibility index (Phi) is 7.72. The van der Waals surface area contributed by atoms with E-state index >= 15 is 0 Å². The number of aromatic carboxylic acids is 1. The second-order valence-electron chi connectivity index (χ2n) is 4.48. The van der Waals surface area contributed by atoms with Crippen molar-refractivity contribution >= 4 is 17.8 Å². The Balaban J connectivity index is 2.82. The SMILES string of the molecule is CCNC(=O)COCc1cc(C(=O)OCCO)ccc1C(=O)O. The molecule has 1 rings (SSSR count). The van der Waals surface area contributed by atoms with Crippen LogP contribution in [0.25, 0.3) is 0 Å². The van der Waals surface area contributed by atoms with Gasteiger partial charge in [-0.2, -0.15) is 0 Å². The van der Waals surface area contributed by atoms with Crippen LogP contribution in [0.3, 0.4) is 0 Å². The number of esters is 1. The standard InChI is InChI=1S/C15H19NO7/c1-2-16-13(18)9-22-8-11-7-10(15(21)23-6-5-17)3-4-12(11)14(19)20/h3-4,7,17H,2,5-6,8-9H2,1H3,(H,16,18)(H,19,20). The number of hydrogen-bond acceptors (Lipinski definition) is 6. The van der Waals surface area contributed by atoms with E-state index in [2.05, 4.69) is 5.32 Å². The predicted molar refractivity (Wildman–Crippen MR) is 79.1 cm³/mol. The number of hydrogen-bond donors (Lipinski definition) is 3. The van der Waals surface area contributed by atoms with Crippen molar-refractivity contribution < 1.29 is 34.1 Å². The summed E-state index contributed by atoms with van der Waals surface area (Å²) in [4.78, 5) is 34.2. The van der Waals surface area contributed by atoms with Gasteiger partial charge in [-0.3, -0.25) is 4.79 Å². The summed E-state index contributed by atoms with van der Waals surface area (Å²) in [6.07, 6.45) is 0. The van der Waals surface area contributed by atoms with E-state index in [4.69, 9.17) is 19.7 Å². The molecule has 0 heterocycles. The van der Waals surface area contributed by atoms with Crippen LogP contribution in [0.2, 0.25) is 0 Å². The van der Waals surface area contributed by atoms with E-state index in [0.717, 1.165) is 0 Å². The highest BCUT2D eigenvalue weighted by Crippen LogP contribution is 2.15. The first-order valence-electron chi connectivity index (χ1n) is 6.98. The molecule has 0 aliphatic carbocycles. The highest BCUT2D eigenvalue weighted by Gasteiger charge is 2.15. The van der Waals surface area contributed by atoms with Gasteiger partial charge in [0, 0.05) is 6.54 Å². The van der Waals surface area contributed by atoms with E-state index < -0.39 is 11.9 Å². The maximum atomic E-state index is 11.7. The Morgan fingerprint density at radius 3 is 2.61 bits per heavy atom. The lowest BCUT2D eigenvalue weighted by atomic mass is 10.0. The summed E-state index contributed by atoms with van der Waals surface area (Å²) in [7, 11) is 0. The molecular weight excluding hydrogens is 306 g/mol. The van der Waals surface area contributed by atoms with Gasteiger partial charge in [-0.25, -0.2) is 9.59 Å². The molecule has 3 N–H and O–H groups in total. The molecule has 0 unspecified atom stereocenters. The van der Waals surface area contributed by atoms with Crippen LogP contribution in [0.1, 0.15) is 33.2 Å². The smallest absolute Gasteiger partial charge is 0.338 e. The molecule has 23 heavy (non-hydrogen) atoms. The summed E-state index contributed by atoms with van der Waals surface area (Å²) in [5.41, 5.74) is 0.361. The lowest BCUT2D eigenvalue weighted by Crippen LogP contribution is -2.27. The second kappa shape index (κ2) is 9.54. The number of carboxylic acid groups (broad SMARTS) is 1. The van der Waals surface area contributed by atoms with Crippen LogP contribution < -0.4 is 5.32 Å². The molecule has 0 aliphatic rings. The van der Waals surface area contributed by atoms with Gasteiger partial charge in [0.05, 0.1) is 24.3 Å². The summed E-state index contributed by atoms with van der Waals surface area (Å²) in [5.74, 6) is -2.17. The zero-order chi connectivity index (χ0) is 17.2. The van der Waals surface area contributed by atoms with Crippen LogP contribution in [0, 0.1) is 0 Å². The van der Waals surface area contributed by atoms with Crippen LogP contribution >= 0.6 is 0 Å². The van der Waals surface area contributed by atoms with Gasteiger partial charge in [-0.15, -0.1) is 0 Å². The maximum absolute atomic E-state index is 11.7. The molecule has 0 aliphatic heterocycles. The average Bonchev–Trinajstić information content (AvgIpc) is 2.52. The Labute approximate surface area is 133 Å². The number of rotatable bonds is 9. The molecule has 1 amide bonds. The molecule has 0 radical (unpaired) electrons. The summed E-state index contributed by atoms with van der Waals surface area (Å²) in [6, 6.07) is 3.92. The molecule has 0 atom stereocenters. The number of aliphatic hydroxyl groups excluding tert-OH is 1. The predicted octanol–water partition coefficient (Wildman–Crippen LogP) is 0.187. The van der Waals surface area contributed by atoms with Crippen LogP contribution in [-0.2, 0) is 20.9 Å². The summed E-state index contributed by atoms with van der Waals surface area (Å²) in [6.45, 7) is 1.42. The van der Waals surface area contributed by atoms with Crippen molar-refractivity contribution in [3.8, 4) is 0 Å². The van der Waals surface area contributed by atoms with Gasteiger partial charge in [0.25, 0.3) is 0 Å². The fraction of sp³-hybridized carbons (Fsp3) is 0.400. The Morgan fingerprint density at radius 1 is 1.26 bits per heavy atom. The Bertz CT molecular complexity index is 571. The van der Waals surface area contributed by atoms with Gasteiger partial charge < -0.3 is 25.0 Å². The van der Waals surface area contributed by atoms with Gasteiger partial charge in [-0.05, 0) is 30.7 Å². The lowest BCUT2D eigenvalue weighted by molar-refractivity contribution is -0.125. The van der Waals surface area contributed by atoms with Gasteiger partial charge in [0.1, 0.15) is 13.2 Å². The van der Waals surface area contributed by atoms with Crippen LogP contribution in [0.15, 0.2) is 18.2 Å². The number of nitrogens with one attached hydrogen (secondary N) is 1. The largest absolute Gasteiger partial charge is 0.478 e. The van der Waals surface area contributed by atoms with E-state index in [-0.39, 0.29) is 49.0 Å². The molecule has 8 heteroatoms. The average molecular weight is 325 g/mol. The highest BCUT2D eigenvalue weighted by atomic mass is 16.5.